The number of nitrogens with one attached hydrogen (secondary N) is 2. The molecule has 0 fully saturated rings. The lowest BCUT2D eigenvalue weighted by atomic mass is 10.1. The molecular formula is C18H20FN3O3. The van der Waals surface area contributed by atoms with Crippen molar-refractivity contribution in [1.29, 1.82) is 5.41 Å². The van der Waals surface area contributed by atoms with Crippen molar-refractivity contribution in [3.05, 3.63) is 65.0 Å². The summed E-state index contributed by atoms with van der Waals surface area (Å²) in [7, 11) is 2.73. The lowest BCUT2D eigenvalue weighted by Crippen LogP contribution is -2.30. The maximum atomic E-state index is 14.1. The average Bonchev–Trinajstić information content (AvgIpc) is 2.62. The van der Waals surface area contributed by atoms with Gasteiger partial charge < -0.3 is 20.5 Å². The second-order valence-corrected chi connectivity index (χ2v) is 5.30. The first-order chi connectivity index (χ1) is 12.0. The molecule has 0 saturated carbocycles. The Balaban J connectivity index is 2.12. The first-order valence-electron chi connectivity index (χ1n) is 7.54. The molecule has 132 valence electrons. The Hall–Kier alpha value is -2.93. The van der Waals surface area contributed by atoms with Gasteiger partial charge in [0, 0.05) is 19.2 Å². The number of hydrogen-bond donors (Lipinski definition) is 3. The molecule has 0 saturated heterocycles. The standard InChI is InChI=1S/C18H20FN3O3/c1-24-14-5-3-4-13(19)15(14)16(25-2)18(23)22-10-11-6-8-12(9-7-11)17(20)21/h3-9,16H,10H2,1-2H3,(H3,20,21)(H,22,23). The number of carbonyl (C=O) groups is 1. The van der Waals surface area contributed by atoms with Gasteiger partial charge in [0.25, 0.3) is 5.91 Å². The Labute approximate surface area is 145 Å². The van der Waals surface area contributed by atoms with Gasteiger partial charge in [0.2, 0.25) is 0 Å². The van der Waals surface area contributed by atoms with E-state index in [1.807, 2.05) is 0 Å². The normalized spacial score (nSPS) is 11.6. The molecule has 0 aliphatic rings. The maximum Gasteiger partial charge on any atom is 0.254 e. The van der Waals surface area contributed by atoms with Crippen LogP contribution in [0.4, 0.5) is 4.39 Å². The van der Waals surface area contributed by atoms with E-state index < -0.39 is 17.8 Å². The van der Waals surface area contributed by atoms with Gasteiger partial charge in [-0.05, 0) is 17.7 Å². The van der Waals surface area contributed by atoms with Crippen LogP contribution < -0.4 is 15.8 Å². The summed E-state index contributed by atoms with van der Waals surface area (Å²) < 4.78 is 24.5. The van der Waals surface area contributed by atoms with Crippen LogP contribution in [0.5, 0.6) is 5.75 Å². The molecule has 1 unspecified atom stereocenters. The summed E-state index contributed by atoms with van der Waals surface area (Å²) in [6.45, 7) is 0.230. The quantitative estimate of drug-likeness (QED) is 0.529. The van der Waals surface area contributed by atoms with Gasteiger partial charge in [0.05, 0.1) is 12.7 Å². The van der Waals surface area contributed by atoms with Crippen molar-refractivity contribution >= 4 is 11.7 Å². The Morgan fingerprint density at radius 3 is 2.48 bits per heavy atom. The van der Waals surface area contributed by atoms with Gasteiger partial charge in [0.1, 0.15) is 17.4 Å². The summed E-state index contributed by atoms with van der Waals surface area (Å²) in [5, 5.41) is 10.1. The number of benzene rings is 2. The molecule has 4 N–H and O–H groups in total. The fourth-order valence-electron chi connectivity index (χ4n) is 2.39. The van der Waals surface area contributed by atoms with E-state index in [0.717, 1.165) is 5.56 Å². The van der Waals surface area contributed by atoms with Gasteiger partial charge in [-0.25, -0.2) is 4.39 Å². The molecule has 1 atom stereocenters. The molecule has 0 aromatic heterocycles. The van der Waals surface area contributed by atoms with Gasteiger partial charge in [-0.1, -0.05) is 30.3 Å². The van der Waals surface area contributed by atoms with Crippen molar-refractivity contribution in [3.8, 4) is 5.75 Å². The molecule has 2 rings (SSSR count). The van der Waals surface area contributed by atoms with Crippen LogP contribution in [0.25, 0.3) is 0 Å². The number of carbonyl (C=O) groups excluding carboxylic acids is 1. The minimum absolute atomic E-state index is 0.0262. The predicted octanol–water partition coefficient (Wildman–Crippen LogP) is 2.12. The highest BCUT2D eigenvalue weighted by atomic mass is 19.1. The Kier molecular flexibility index (Phi) is 6.08. The number of ether oxygens (including phenoxy) is 2. The molecule has 0 heterocycles. The zero-order valence-corrected chi connectivity index (χ0v) is 14.0. The number of halogens is 1. The number of amides is 1. The van der Waals surface area contributed by atoms with E-state index in [2.05, 4.69) is 5.32 Å². The van der Waals surface area contributed by atoms with Crippen LogP contribution in [0.2, 0.25) is 0 Å². The second-order valence-electron chi connectivity index (χ2n) is 5.30. The highest BCUT2D eigenvalue weighted by molar-refractivity contribution is 5.94. The predicted molar refractivity (Wildman–Crippen MR) is 92.0 cm³/mol. The van der Waals surface area contributed by atoms with Crippen molar-refractivity contribution < 1.29 is 18.7 Å². The average molecular weight is 345 g/mol. The highest BCUT2D eigenvalue weighted by Crippen LogP contribution is 2.30. The van der Waals surface area contributed by atoms with Crippen LogP contribution in [0.15, 0.2) is 42.5 Å². The van der Waals surface area contributed by atoms with Gasteiger partial charge in [-0.2, -0.15) is 0 Å². The summed E-state index contributed by atoms with van der Waals surface area (Å²) in [6, 6.07) is 11.2. The van der Waals surface area contributed by atoms with Crippen LogP contribution >= 0.6 is 0 Å². The van der Waals surface area contributed by atoms with Crippen molar-refractivity contribution in [2.45, 2.75) is 12.6 Å². The van der Waals surface area contributed by atoms with Gasteiger partial charge in [-0.15, -0.1) is 0 Å². The number of amidine groups is 1. The summed E-state index contributed by atoms with van der Waals surface area (Å²) in [5.41, 5.74) is 6.86. The number of nitrogen functional groups attached to an aromatic ring is 1. The summed E-state index contributed by atoms with van der Waals surface area (Å²) in [5.74, 6) is -0.844. The number of hydrogen-bond acceptors (Lipinski definition) is 4. The van der Waals surface area contributed by atoms with Gasteiger partial charge in [0.15, 0.2) is 6.10 Å². The molecule has 1 amide bonds. The first kappa shape index (κ1) is 18.4. The zero-order valence-electron chi connectivity index (χ0n) is 14.0. The summed E-state index contributed by atoms with van der Waals surface area (Å²) >= 11 is 0. The topological polar surface area (TPSA) is 97.4 Å². The number of rotatable bonds is 7. The van der Waals surface area contributed by atoms with Gasteiger partial charge in [-0.3, -0.25) is 10.2 Å². The SMILES string of the molecule is COc1cccc(F)c1C(OC)C(=O)NCc1ccc(C(=N)N)cc1. The largest absolute Gasteiger partial charge is 0.496 e. The molecular weight excluding hydrogens is 325 g/mol. The minimum atomic E-state index is -1.13. The van der Waals surface area contributed by atoms with Crippen LogP contribution in [0, 0.1) is 11.2 Å². The van der Waals surface area contributed by atoms with Crippen molar-refractivity contribution in [3.63, 3.8) is 0 Å². The molecule has 0 spiro atoms. The fraction of sp³-hybridized carbons (Fsp3) is 0.222. The smallest absolute Gasteiger partial charge is 0.254 e. The Bertz CT molecular complexity index is 763. The third kappa shape index (κ3) is 4.33. The van der Waals surface area contributed by atoms with E-state index in [0.29, 0.717) is 5.56 Å². The lowest BCUT2D eigenvalue weighted by molar-refractivity contribution is -0.131. The first-order valence-corrected chi connectivity index (χ1v) is 7.54. The zero-order chi connectivity index (χ0) is 18.4. The molecule has 0 aliphatic heterocycles. The maximum absolute atomic E-state index is 14.1. The van der Waals surface area contributed by atoms with E-state index in [9.17, 15) is 9.18 Å². The number of methoxy groups -OCH3 is 2. The summed E-state index contributed by atoms with van der Waals surface area (Å²) in [4.78, 5) is 12.4. The van der Waals surface area contributed by atoms with E-state index in [1.54, 1.807) is 30.3 Å². The lowest BCUT2D eigenvalue weighted by Gasteiger charge is -2.19. The van der Waals surface area contributed by atoms with Crippen LogP contribution in [-0.2, 0) is 16.1 Å². The number of nitrogens with two attached hydrogens (primary N) is 1. The molecule has 25 heavy (non-hydrogen) atoms. The monoisotopic (exact) mass is 345 g/mol. The minimum Gasteiger partial charge on any atom is -0.496 e. The van der Waals surface area contributed by atoms with Crippen LogP contribution in [0.1, 0.15) is 22.8 Å². The van der Waals surface area contributed by atoms with Crippen molar-refractivity contribution in [1.82, 2.24) is 5.32 Å². The van der Waals surface area contributed by atoms with Crippen LogP contribution in [-0.4, -0.2) is 26.0 Å². The van der Waals surface area contributed by atoms with E-state index in [-0.39, 0.29) is 23.7 Å². The van der Waals surface area contributed by atoms with E-state index in [4.69, 9.17) is 20.6 Å². The van der Waals surface area contributed by atoms with E-state index >= 15 is 0 Å². The second kappa shape index (κ2) is 8.25. The molecule has 0 bridgehead atoms. The molecule has 0 aliphatic carbocycles. The third-order valence-corrected chi connectivity index (χ3v) is 3.70. The van der Waals surface area contributed by atoms with Crippen molar-refractivity contribution in [2.75, 3.05) is 14.2 Å². The third-order valence-electron chi connectivity index (χ3n) is 3.70. The molecule has 6 nitrogen and oxygen atoms in total. The van der Waals surface area contributed by atoms with Crippen molar-refractivity contribution in [2.24, 2.45) is 5.73 Å². The Morgan fingerprint density at radius 2 is 1.92 bits per heavy atom. The molecule has 2 aromatic carbocycles. The van der Waals surface area contributed by atoms with Crippen LogP contribution in [0.3, 0.4) is 0 Å². The van der Waals surface area contributed by atoms with Gasteiger partial charge >= 0.3 is 0 Å². The molecule has 7 heteroatoms. The Morgan fingerprint density at radius 1 is 1.24 bits per heavy atom. The highest BCUT2D eigenvalue weighted by Gasteiger charge is 2.26. The molecule has 2 aromatic rings. The van der Waals surface area contributed by atoms with E-state index in [1.165, 1.54) is 26.4 Å². The fourth-order valence-corrected chi connectivity index (χ4v) is 2.39. The summed E-state index contributed by atoms with van der Waals surface area (Å²) in [6.07, 6.45) is -1.13. The molecule has 0 radical (unpaired) electrons.